The first kappa shape index (κ1) is 9.46. The molecule has 82 valence electrons. The molecule has 3 heteroatoms. The van der Waals surface area contributed by atoms with Gasteiger partial charge in [-0.3, -0.25) is 0 Å². The summed E-state index contributed by atoms with van der Waals surface area (Å²) >= 11 is 0. The monoisotopic (exact) mass is 215 g/mol. The number of hydrogen-bond donors (Lipinski definition) is 0. The summed E-state index contributed by atoms with van der Waals surface area (Å²) < 4.78 is 11.2. The zero-order valence-electron chi connectivity index (χ0n) is 9.14. The molecule has 16 heavy (non-hydrogen) atoms. The smallest absolute Gasteiger partial charge is 0.201 e. The highest BCUT2D eigenvalue weighted by molar-refractivity contribution is 5.36. The molecule has 0 amide bonds. The lowest BCUT2D eigenvalue weighted by Crippen LogP contribution is -2.19. The van der Waals surface area contributed by atoms with E-state index in [1.54, 1.807) is 6.20 Å². The van der Waals surface area contributed by atoms with E-state index in [0.717, 1.165) is 23.8 Å². The maximum absolute atomic E-state index is 5.70. The maximum Gasteiger partial charge on any atom is 0.201 e. The van der Waals surface area contributed by atoms with Crippen molar-refractivity contribution in [1.29, 1.82) is 0 Å². The van der Waals surface area contributed by atoms with Crippen LogP contribution in [0.2, 0.25) is 0 Å². The van der Waals surface area contributed by atoms with Gasteiger partial charge < -0.3 is 9.15 Å². The minimum Gasteiger partial charge on any atom is -0.492 e. The third-order valence-corrected chi connectivity index (χ3v) is 2.87. The van der Waals surface area contributed by atoms with Crippen molar-refractivity contribution in [1.82, 2.24) is 4.98 Å². The number of ether oxygens (including phenoxy) is 1. The molecule has 0 spiro atoms. The minimum atomic E-state index is 0.239. The van der Waals surface area contributed by atoms with Crippen LogP contribution in [0, 0.1) is 6.92 Å². The van der Waals surface area contributed by atoms with Crippen LogP contribution in [0.3, 0.4) is 0 Å². The topological polar surface area (TPSA) is 35.3 Å². The Balaban J connectivity index is 1.88. The molecule has 1 aliphatic heterocycles. The Morgan fingerprint density at radius 2 is 2.19 bits per heavy atom. The number of fused-ring (bicyclic) bond motifs is 1. The van der Waals surface area contributed by atoms with Gasteiger partial charge in [0.1, 0.15) is 18.1 Å². The molecule has 0 saturated carbocycles. The summed E-state index contributed by atoms with van der Waals surface area (Å²) in [6, 6.07) is 8.13. The number of hydrogen-bond acceptors (Lipinski definition) is 3. The number of aromatic nitrogens is 1. The average Bonchev–Trinajstić information content (AvgIpc) is 2.75. The molecule has 0 N–H and O–H groups in total. The molecule has 2 heterocycles. The van der Waals surface area contributed by atoms with Gasteiger partial charge in [-0.15, -0.1) is 0 Å². The highest BCUT2D eigenvalue weighted by atomic mass is 16.5. The van der Waals surface area contributed by atoms with Gasteiger partial charge in [-0.25, -0.2) is 4.98 Å². The van der Waals surface area contributed by atoms with Crippen molar-refractivity contribution in [3.05, 3.63) is 47.7 Å². The van der Waals surface area contributed by atoms with Crippen LogP contribution in [0.5, 0.6) is 5.75 Å². The van der Waals surface area contributed by atoms with E-state index < -0.39 is 0 Å². The van der Waals surface area contributed by atoms with Gasteiger partial charge in [0.2, 0.25) is 5.89 Å². The van der Waals surface area contributed by atoms with Crippen molar-refractivity contribution < 1.29 is 9.15 Å². The summed E-state index contributed by atoms with van der Waals surface area (Å²) in [5.41, 5.74) is 1.23. The third kappa shape index (κ3) is 1.58. The summed E-state index contributed by atoms with van der Waals surface area (Å²) in [6.45, 7) is 2.56. The first-order valence-electron chi connectivity index (χ1n) is 5.46. The molecule has 3 nitrogen and oxygen atoms in total. The number of oxazole rings is 1. The van der Waals surface area contributed by atoms with Crippen LogP contribution in [0.4, 0.5) is 0 Å². The minimum absolute atomic E-state index is 0.239. The van der Waals surface area contributed by atoms with Crippen LogP contribution in [0.25, 0.3) is 0 Å². The fourth-order valence-electron chi connectivity index (χ4n) is 2.05. The summed E-state index contributed by atoms with van der Waals surface area (Å²) in [6.07, 6.45) is 2.70. The summed E-state index contributed by atoms with van der Waals surface area (Å²) in [4.78, 5) is 4.27. The molecule has 0 aliphatic carbocycles. The van der Waals surface area contributed by atoms with Gasteiger partial charge in [0.25, 0.3) is 0 Å². The predicted molar refractivity (Wildman–Crippen MR) is 59.6 cm³/mol. The molecule has 0 bridgehead atoms. The van der Waals surface area contributed by atoms with Crippen LogP contribution in [-0.4, -0.2) is 11.6 Å². The number of para-hydroxylation sites is 1. The molecule has 1 unspecified atom stereocenters. The fourth-order valence-corrected chi connectivity index (χ4v) is 2.05. The third-order valence-electron chi connectivity index (χ3n) is 2.87. The lowest BCUT2D eigenvalue weighted by molar-refractivity contribution is 0.240. The molecule has 3 rings (SSSR count). The number of aryl methyl sites for hydroxylation is 1. The highest BCUT2D eigenvalue weighted by Gasteiger charge is 2.24. The van der Waals surface area contributed by atoms with Crippen LogP contribution in [0.15, 0.2) is 34.9 Å². The second kappa shape index (κ2) is 3.67. The quantitative estimate of drug-likeness (QED) is 0.733. The van der Waals surface area contributed by atoms with Crippen molar-refractivity contribution in [3.63, 3.8) is 0 Å². The Bertz CT molecular complexity index is 504. The van der Waals surface area contributed by atoms with Gasteiger partial charge in [0.15, 0.2) is 0 Å². The summed E-state index contributed by atoms with van der Waals surface area (Å²) in [7, 11) is 0. The highest BCUT2D eigenvalue weighted by Crippen LogP contribution is 2.31. The van der Waals surface area contributed by atoms with Gasteiger partial charge >= 0.3 is 0 Å². The molecule has 0 radical (unpaired) electrons. The second-order valence-corrected chi connectivity index (χ2v) is 4.13. The molecule has 1 aromatic heterocycles. The Morgan fingerprint density at radius 3 is 3.00 bits per heavy atom. The van der Waals surface area contributed by atoms with E-state index in [2.05, 4.69) is 11.1 Å². The number of nitrogens with zero attached hydrogens (tertiary/aromatic N) is 1. The fraction of sp³-hybridized carbons (Fsp3) is 0.308. The van der Waals surface area contributed by atoms with E-state index in [0.29, 0.717) is 6.61 Å². The van der Waals surface area contributed by atoms with Crippen molar-refractivity contribution in [2.24, 2.45) is 0 Å². The molecular formula is C13H13NO2. The van der Waals surface area contributed by atoms with Crippen LogP contribution >= 0.6 is 0 Å². The molecular weight excluding hydrogens is 202 g/mol. The van der Waals surface area contributed by atoms with Crippen LogP contribution in [-0.2, 0) is 6.42 Å². The standard InChI is InChI=1S/C13H13NO2/c1-9-7-14-13(16-9)11-6-10-4-2-3-5-12(10)15-8-11/h2-5,7,11H,6,8H2,1H3. The van der Waals surface area contributed by atoms with Gasteiger partial charge in [-0.1, -0.05) is 18.2 Å². The summed E-state index contributed by atoms with van der Waals surface area (Å²) in [5, 5.41) is 0. The normalized spacial score (nSPS) is 18.9. The van der Waals surface area contributed by atoms with E-state index >= 15 is 0 Å². The van der Waals surface area contributed by atoms with Crippen molar-refractivity contribution in [2.75, 3.05) is 6.61 Å². The molecule has 0 saturated heterocycles. The van der Waals surface area contributed by atoms with Crippen LogP contribution in [0.1, 0.15) is 23.1 Å². The molecule has 2 aromatic rings. The van der Waals surface area contributed by atoms with Gasteiger partial charge in [0, 0.05) is 0 Å². The van der Waals surface area contributed by atoms with E-state index in [4.69, 9.17) is 9.15 Å². The Morgan fingerprint density at radius 1 is 1.31 bits per heavy atom. The lowest BCUT2D eigenvalue weighted by atomic mass is 9.97. The van der Waals surface area contributed by atoms with Crippen LogP contribution < -0.4 is 4.74 Å². The lowest BCUT2D eigenvalue weighted by Gasteiger charge is -2.22. The van der Waals surface area contributed by atoms with Gasteiger partial charge in [0.05, 0.1) is 12.1 Å². The maximum atomic E-state index is 5.70. The Hall–Kier alpha value is -1.77. The summed E-state index contributed by atoms with van der Waals surface area (Å²) in [5.74, 6) is 2.87. The molecule has 1 atom stereocenters. The second-order valence-electron chi connectivity index (χ2n) is 4.13. The molecule has 1 aromatic carbocycles. The molecule has 0 fully saturated rings. The van der Waals surface area contributed by atoms with Crippen molar-refractivity contribution in [3.8, 4) is 5.75 Å². The Kier molecular flexibility index (Phi) is 2.17. The number of benzene rings is 1. The van der Waals surface area contributed by atoms with Gasteiger partial charge in [-0.05, 0) is 25.0 Å². The Labute approximate surface area is 94.1 Å². The first-order chi connectivity index (χ1) is 7.83. The predicted octanol–water partition coefficient (Wildman–Crippen LogP) is 2.70. The van der Waals surface area contributed by atoms with E-state index in [-0.39, 0.29) is 5.92 Å². The zero-order valence-corrected chi connectivity index (χ0v) is 9.14. The van der Waals surface area contributed by atoms with E-state index in [9.17, 15) is 0 Å². The van der Waals surface area contributed by atoms with Crippen molar-refractivity contribution in [2.45, 2.75) is 19.3 Å². The number of rotatable bonds is 1. The van der Waals surface area contributed by atoms with E-state index in [1.807, 2.05) is 25.1 Å². The van der Waals surface area contributed by atoms with Crippen molar-refractivity contribution >= 4 is 0 Å². The van der Waals surface area contributed by atoms with E-state index in [1.165, 1.54) is 5.56 Å². The SMILES string of the molecule is Cc1cnc(C2COc3ccccc3C2)o1. The average molecular weight is 215 g/mol. The zero-order chi connectivity index (χ0) is 11.0. The van der Waals surface area contributed by atoms with Gasteiger partial charge in [-0.2, -0.15) is 0 Å². The first-order valence-corrected chi connectivity index (χ1v) is 5.46. The largest absolute Gasteiger partial charge is 0.492 e. The molecule has 1 aliphatic rings.